The predicted molar refractivity (Wildman–Crippen MR) is 88.2 cm³/mol. The van der Waals surface area contributed by atoms with Crippen LogP contribution in [0.1, 0.15) is 16.8 Å². The summed E-state index contributed by atoms with van der Waals surface area (Å²) >= 11 is 0. The fraction of sp³-hybridized carbons (Fsp3) is 0.500. The predicted octanol–water partition coefficient (Wildman–Crippen LogP) is 0.694. The summed E-state index contributed by atoms with van der Waals surface area (Å²) < 4.78 is 25.3. The summed E-state index contributed by atoms with van der Waals surface area (Å²) in [5.74, 6) is 0.151. The minimum absolute atomic E-state index is 0. The molecule has 0 radical (unpaired) electrons. The van der Waals surface area contributed by atoms with Gasteiger partial charge in [-0.15, -0.1) is 12.4 Å². The molecule has 2 aliphatic rings. The molecule has 0 spiro atoms. The van der Waals surface area contributed by atoms with Gasteiger partial charge < -0.3 is 10.2 Å². The van der Waals surface area contributed by atoms with Crippen LogP contribution in [0, 0.1) is 0 Å². The smallest absolute Gasteiger partial charge is 0.254 e. The van der Waals surface area contributed by atoms with Gasteiger partial charge in [-0.25, -0.2) is 8.42 Å². The van der Waals surface area contributed by atoms with E-state index in [1.54, 1.807) is 29.2 Å². The molecule has 2 aliphatic heterocycles. The van der Waals surface area contributed by atoms with Crippen molar-refractivity contribution in [3.05, 3.63) is 29.8 Å². The van der Waals surface area contributed by atoms with Crippen LogP contribution in [-0.2, 0) is 10.0 Å². The molecule has 22 heavy (non-hydrogen) atoms. The van der Waals surface area contributed by atoms with Gasteiger partial charge in [0.1, 0.15) is 0 Å². The number of hydrogen-bond donors (Lipinski definition) is 1. The van der Waals surface area contributed by atoms with Gasteiger partial charge in [-0.2, -0.15) is 0 Å². The van der Waals surface area contributed by atoms with Crippen LogP contribution in [0.15, 0.2) is 24.3 Å². The number of carbonyl (C=O) groups is 1. The maximum atomic E-state index is 12.5. The van der Waals surface area contributed by atoms with E-state index in [2.05, 4.69) is 5.32 Å². The number of piperazine rings is 1. The molecule has 2 heterocycles. The molecule has 3 rings (SSSR count). The molecule has 2 fully saturated rings. The molecular formula is C14H20ClN3O3S. The van der Waals surface area contributed by atoms with Gasteiger partial charge in [-0.05, 0) is 24.6 Å². The van der Waals surface area contributed by atoms with E-state index in [9.17, 15) is 13.2 Å². The first-order chi connectivity index (χ1) is 10.1. The third-order valence-corrected chi connectivity index (χ3v) is 5.75. The Kier molecular flexibility index (Phi) is 5.31. The van der Waals surface area contributed by atoms with Crippen molar-refractivity contribution < 1.29 is 13.2 Å². The van der Waals surface area contributed by atoms with E-state index in [0.717, 1.165) is 13.1 Å². The van der Waals surface area contributed by atoms with Gasteiger partial charge in [0, 0.05) is 38.3 Å². The van der Waals surface area contributed by atoms with Crippen LogP contribution >= 0.6 is 12.4 Å². The van der Waals surface area contributed by atoms with Gasteiger partial charge in [-0.1, -0.05) is 6.07 Å². The molecule has 6 nitrogen and oxygen atoms in total. The molecule has 8 heteroatoms. The maximum Gasteiger partial charge on any atom is 0.254 e. The van der Waals surface area contributed by atoms with Crippen molar-refractivity contribution >= 4 is 34.0 Å². The van der Waals surface area contributed by atoms with Gasteiger partial charge in [0.2, 0.25) is 10.0 Å². The lowest BCUT2D eigenvalue weighted by Crippen LogP contribution is -2.46. The Morgan fingerprint density at radius 1 is 1.14 bits per heavy atom. The average molecular weight is 346 g/mol. The standard InChI is InChI=1S/C14H19N3O3S.ClH/c18-14(16-8-5-15-6-9-16)12-3-1-4-13(11-12)17-7-2-10-21(17,19)20;/h1,3-4,11,15H,2,5-10H2;1H. The molecule has 122 valence electrons. The molecule has 1 amide bonds. The molecule has 0 aliphatic carbocycles. The van der Waals surface area contributed by atoms with Crippen molar-refractivity contribution in [2.24, 2.45) is 0 Å². The number of hydrogen-bond acceptors (Lipinski definition) is 4. The van der Waals surface area contributed by atoms with Gasteiger partial charge >= 0.3 is 0 Å². The second-order valence-electron chi connectivity index (χ2n) is 5.33. The van der Waals surface area contributed by atoms with E-state index in [1.807, 2.05) is 0 Å². The highest BCUT2D eigenvalue weighted by molar-refractivity contribution is 7.93. The minimum Gasteiger partial charge on any atom is -0.336 e. The van der Waals surface area contributed by atoms with Crippen molar-refractivity contribution in [2.45, 2.75) is 6.42 Å². The summed E-state index contributed by atoms with van der Waals surface area (Å²) in [6.45, 7) is 3.46. The van der Waals surface area contributed by atoms with Crippen molar-refractivity contribution in [2.75, 3.05) is 42.8 Å². The number of benzene rings is 1. The highest BCUT2D eigenvalue weighted by Crippen LogP contribution is 2.25. The van der Waals surface area contributed by atoms with E-state index in [1.165, 1.54) is 4.31 Å². The summed E-state index contributed by atoms with van der Waals surface area (Å²) in [6.07, 6.45) is 0.637. The third kappa shape index (κ3) is 3.37. The lowest BCUT2D eigenvalue weighted by molar-refractivity contribution is 0.0736. The van der Waals surface area contributed by atoms with Gasteiger partial charge in [0.05, 0.1) is 11.4 Å². The van der Waals surface area contributed by atoms with E-state index in [4.69, 9.17) is 0 Å². The summed E-state index contributed by atoms with van der Waals surface area (Å²) in [5, 5.41) is 3.21. The molecule has 0 aromatic heterocycles. The Balaban J connectivity index is 0.00000176. The Hall–Kier alpha value is -1.31. The topological polar surface area (TPSA) is 69.7 Å². The highest BCUT2D eigenvalue weighted by Gasteiger charge is 2.29. The van der Waals surface area contributed by atoms with Crippen molar-refractivity contribution in [3.63, 3.8) is 0 Å². The van der Waals surface area contributed by atoms with Crippen molar-refractivity contribution in [1.29, 1.82) is 0 Å². The molecule has 1 aromatic rings. The summed E-state index contributed by atoms with van der Waals surface area (Å²) in [4.78, 5) is 14.3. The van der Waals surface area contributed by atoms with Crippen molar-refractivity contribution in [1.82, 2.24) is 10.2 Å². The molecule has 0 bridgehead atoms. The number of nitrogens with zero attached hydrogens (tertiary/aromatic N) is 2. The van der Waals surface area contributed by atoms with Crippen LogP contribution < -0.4 is 9.62 Å². The first-order valence-electron chi connectivity index (χ1n) is 7.18. The quantitative estimate of drug-likeness (QED) is 0.856. The number of nitrogens with one attached hydrogen (secondary N) is 1. The Bertz CT molecular complexity index is 644. The van der Waals surface area contributed by atoms with E-state index < -0.39 is 10.0 Å². The number of halogens is 1. The van der Waals surface area contributed by atoms with Gasteiger partial charge in [0.25, 0.3) is 5.91 Å². The van der Waals surface area contributed by atoms with Crippen LogP contribution in [0.4, 0.5) is 5.69 Å². The number of amides is 1. The second kappa shape index (κ2) is 6.85. The Morgan fingerprint density at radius 3 is 2.50 bits per heavy atom. The van der Waals surface area contributed by atoms with Crippen LogP contribution in [-0.4, -0.2) is 57.7 Å². The molecule has 0 unspecified atom stereocenters. The fourth-order valence-electron chi connectivity index (χ4n) is 2.77. The van der Waals surface area contributed by atoms with E-state index in [-0.39, 0.29) is 24.1 Å². The molecular weight excluding hydrogens is 326 g/mol. The van der Waals surface area contributed by atoms with Crippen LogP contribution in [0.5, 0.6) is 0 Å². The highest BCUT2D eigenvalue weighted by atomic mass is 35.5. The molecule has 0 saturated carbocycles. The number of rotatable bonds is 2. The normalized spacial score (nSPS) is 20.5. The molecule has 1 N–H and O–H groups in total. The third-order valence-electron chi connectivity index (χ3n) is 3.88. The Labute approximate surface area is 136 Å². The van der Waals surface area contributed by atoms with Crippen LogP contribution in [0.2, 0.25) is 0 Å². The SMILES string of the molecule is Cl.O=C(c1cccc(N2CCCS2(=O)=O)c1)N1CCNCC1. The molecule has 1 aromatic carbocycles. The fourth-order valence-corrected chi connectivity index (χ4v) is 4.33. The van der Waals surface area contributed by atoms with Gasteiger partial charge in [0.15, 0.2) is 0 Å². The average Bonchev–Trinajstić information content (AvgIpc) is 2.87. The monoisotopic (exact) mass is 345 g/mol. The lowest BCUT2D eigenvalue weighted by Gasteiger charge is -2.27. The largest absolute Gasteiger partial charge is 0.336 e. The van der Waals surface area contributed by atoms with Crippen LogP contribution in [0.3, 0.4) is 0 Å². The van der Waals surface area contributed by atoms with E-state index >= 15 is 0 Å². The van der Waals surface area contributed by atoms with Crippen LogP contribution in [0.25, 0.3) is 0 Å². The lowest BCUT2D eigenvalue weighted by atomic mass is 10.1. The Morgan fingerprint density at radius 2 is 1.86 bits per heavy atom. The maximum absolute atomic E-state index is 12.5. The first-order valence-corrected chi connectivity index (χ1v) is 8.79. The zero-order chi connectivity index (χ0) is 14.9. The number of anilines is 1. The zero-order valence-electron chi connectivity index (χ0n) is 12.2. The molecule has 2 saturated heterocycles. The second-order valence-corrected chi connectivity index (χ2v) is 7.35. The summed E-state index contributed by atoms with van der Waals surface area (Å²) in [7, 11) is -3.21. The minimum atomic E-state index is -3.21. The molecule has 0 atom stereocenters. The number of carbonyl (C=O) groups excluding carboxylic acids is 1. The van der Waals surface area contributed by atoms with Gasteiger partial charge in [-0.3, -0.25) is 9.10 Å². The first kappa shape index (κ1) is 17.1. The summed E-state index contributed by atoms with van der Waals surface area (Å²) in [6, 6.07) is 6.93. The van der Waals surface area contributed by atoms with Crippen molar-refractivity contribution in [3.8, 4) is 0 Å². The number of sulfonamides is 1. The van der Waals surface area contributed by atoms with E-state index in [0.29, 0.717) is 37.3 Å². The summed E-state index contributed by atoms with van der Waals surface area (Å²) in [5.41, 5.74) is 1.14. The zero-order valence-corrected chi connectivity index (χ0v) is 13.8.